The predicted octanol–water partition coefficient (Wildman–Crippen LogP) is 3.15. The molecule has 0 aromatic heterocycles. The fourth-order valence-corrected chi connectivity index (χ4v) is 2.33. The van der Waals surface area contributed by atoms with E-state index in [4.69, 9.17) is 9.47 Å². The molecule has 0 aliphatic carbocycles. The Kier molecular flexibility index (Phi) is 4.48. The van der Waals surface area contributed by atoms with Crippen LogP contribution < -0.4 is 14.8 Å². The van der Waals surface area contributed by atoms with Crippen molar-refractivity contribution in [2.75, 3.05) is 19.8 Å². The number of hydrogen-bond donors (Lipinski definition) is 1. The van der Waals surface area contributed by atoms with Crippen molar-refractivity contribution in [1.29, 1.82) is 0 Å². The standard InChI is InChI=1S/C15H23NO2/c1-4-16-13(9-11(2)3)12-5-6-14-15(10-12)18-8-7-17-14/h5-6,10-11,13,16H,4,7-9H2,1-3H3. The van der Waals surface area contributed by atoms with Crippen LogP contribution in [0.5, 0.6) is 11.5 Å². The van der Waals surface area contributed by atoms with Crippen molar-refractivity contribution in [2.45, 2.75) is 33.2 Å². The molecule has 0 saturated carbocycles. The van der Waals surface area contributed by atoms with Gasteiger partial charge in [-0.1, -0.05) is 26.8 Å². The van der Waals surface area contributed by atoms with Gasteiger partial charge >= 0.3 is 0 Å². The highest BCUT2D eigenvalue weighted by atomic mass is 16.6. The summed E-state index contributed by atoms with van der Waals surface area (Å²) in [7, 11) is 0. The minimum atomic E-state index is 0.394. The molecule has 1 aromatic rings. The highest BCUT2D eigenvalue weighted by Gasteiger charge is 2.17. The molecule has 0 saturated heterocycles. The second-order valence-corrected chi connectivity index (χ2v) is 5.14. The molecule has 1 aliphatic rings. The van der Waals surface area contributed by atoms with Gasteiger partial charge in [0.1, 0.15) is 13.2 Å². The number of ether oxygens (including phenoxy) is 2. The van der Waals surface area contributed by atoms with Crippen LogP contribution in [-0.4, -0.2) is 19.8 Å². The first-order valence-corrected chi connectivity index (χ1v) is 6.83. The van der Waals surface area contributed by atoms with Crippen LogP contribution in [0.2, 0.25) is 0 Å². The van der Waals surface area contributed by atoms with Gasteiger partial charge in [0.15, 0.2) is 11.5 Å². The lowest BCUT2D eigenvalue weighted by Gasteiger charge is -2.23. The van der Waals surface area contributed by atoms with Crippen LogP contribution in [0.4, 0.5) is 0 Å². The summed E-state index contributed by atoms with van der Waals surface area (Å²) < 4.78 is 11.2. The molecule has 1 aliphatic heterocycles. The molecule has 100 valence electrons. The smallest absolute Gasteiger partial charge is 0.161 e. The lowest BCUT2D eigenvalue weighted by Crippen LogP contribution is -2.23. The zero-order valence-corrected chi connectivity index (χ0v) is 11.5. The zero-order valence-electron chi connectivity index (χ0n) is 11.5. The third kappa shape index (κ3) is 3.16. The normalized spacial score (nSPS) is 15.8. The van der Waals surface area contributed by atoms with Crippen LogP contribution in [0.15, 0.2) is 18.2 Å². The van der Waals surface area contributed by atoms with Crippen LogP contribution in [0.25, 0.3) is 0 Å². The van der Waals surface area contributed by atoms with Crippen molar-refractivity contribution in [3.05, 3.63) is 23.8 Å². The van der Waals surface area contributed by atoms with Crippen LogP contribution in [-0.2, 0) is 0 Å². The van der Waals surface area contributed by atoms with E-state index < -0.39 is 0 Å². The molecule has 1 unspecified atom stereocenters. The molecule has 1 atom stereocenters. The summed E-state index contributed by atoms with van der Waals surface area (Å²) in [5.41, 5.74) is 1.29. The molecule has 3 nitrogen and oxygen atoms in total. The van der Waals surface area contributed by atoms with Crippen LogP contribution in [0.1, 0.15) is 38.8 Å². The monoisotopic (exact) mass is 249 g/mol. The minimum absolute atomic E-state index is 0.394. The molecule has 18 heavy (non-hydrogen) atoms. The molecule has 0 amide bonds. The SMILES string of the molecule is CCNC(CC(C)C)c1ccc2c(c1)OCCO2. The Morgan fingerprint density at radius 1 is 1.17 bits per heavy atom. The Balaban J connectivity index is 2.18. The van der Waals surface area contributed by atoms with Gasteiger partial charge in [0.25, 0.3) is 0 Å². The fraction of sp³-hybridized carbons (Fsp3) is 0.600. The van der Waals surface area contributed by atoms with E-state index in [0.29, 0.717) is 25.2 Å². The molecule has 0 spiro atoms. The maximum Gasteiger partial charge on any atom is 0.161 e. The Labute approximate surface area is 109 Å². The number of fused-ring (bicyclic) bond motifs is 1. The highest BCUT2D eigenvalue weighted by Crippen LogP contribution is 2.33. The van der Waals surface area contributed by atoms with E-state index in [0.717, 1.165) is 24.5 Å². The summed E-state index contributed by atoms with van der Waals surface area (Å²) in [6.45, 7) is 8.92. The van der Waals surface area contributed by atoms with E-state index in [2.05, 4.69) is 38.2 Å². The Morgan fingerprint density at radius 2 is 1.89 bits per heavy atom. The summed E-state index contributed by atoms with van der Waals surface area (Å²) in [6.07, 6.45) is 1.13. The van der Waals surface area contributed by atoms with Gasteiger partial charge in [-0.05, 0) is 36.6 Å². The first-order chi connectivity index (χ1) is 8.70. The van der Waals surface area contributed by atoms with E-state index in [9.17, 15) is 0 Å². The Hall–Kier alpha value is -1.22. The van der Waals surface area contributed by atoms with Crippen molar-refractivity contribution in [3.8, 4) is 11.5 Å². The van der Waals surface area contributed by atoms with Crippen molar-refractivity contribution in [3.63, 3.8) is 0 Å². The average Bonchev–Trinajstić information content (AvgIpc) is 2.37. The van der Waals surface area contributed by atoms with Gasteiger partial charge in [0.05, 0.1) is 0 Å². The van der Waals surface area contributed by atoms with Gasteiger partial charge in [0, 0.05) is 6.04 Å². The third-order valence-electron chi connectivity index (χ3n) is 3.13. The van der Waals surface area contributed by atoms with Gasteiger partial charge in [-0.2, -0.15) is 0 Å². The quantitative estimate of drug-likeness (QED) is 0.869. The largest absolute Gasteiger partial charge is 0.486 e. The van der Waals surface area contributed by atoms with Crippen LogP contribution in [0.3, 0.4) is 0 Å². The molecule has 1 heterocycles. The minimum Gasteiger partial charge on any atom is -0.486 e. The molecular formula is C15H23NO2. The van der Waals surface area contributed by atoms with Gasteiger partial charge in [-0.15, -0.1) is 0 Å². The van der Waals surface area contributed by atoms with E-state index in [1.807, 2.05) is 6.07 Å². The summed E-state index contributed by atoms with van der Waals surface area (Å²) in [5.74, 6) is 2.41. The summed E-state index contributed by atoms with van der Waals surface area (Å²) in [6, 6.07) is 6.67. The summed E-state index contributed by atoms with van der Waals surface area (Å²) in [4.78, 5) is 0. The lowest BCUT2D eigenvalue weighted by molar-refractivity contribution is 0.171. The number of nitrogens with one attached hydrogen (secondary N) is 1. The van der Waals surface area contributed by atoms with Crippen molar-refractivity contribution in [1.82, 2.24) is 5.32 Å². The average molecular weight is 249 g/mol. The lowest BCUT2D eigenvalue weighted by atomic mass is 9.96. The van der Waals surface area contributed by atoms with Crippen molar-refractivity contribution in [2.24, 2.45) is 5.92 Å². The van der Waals surface area contributed by atoms with Gasteiger partial charge < -0.3 is 14.8 Å². The van der Waals surface area contributed by atoms with Crippen molar-refractivity contribution >= 4 is 0 Å². The first kappa shape index (κ1) is 13.2. The van der Waals surface area contributed by atoms with Crippen LogP contribution in [0, 0.1) is 5.92 Å². The molecule has 1 N–H and O–H groups in total. The third-order valence-corrected chi connectivity index (χ3v) is 3.13. The number of rotatable bonds is 5. The van der Waals surface area contributed by atoms with E-state index in [1.165, 1.54) is 5.56 Å². The molecule has 3 heteroatoms. The van der Waals surface area contributed by atoms with E-state index in [-0.39, 0.29) is 0 Å². The molecule has 0 bridgehead atoms. The Morgan fingerprint density at radius 3 is 2.56 bits per heavy atom. The number of hydrogen-bond acceptors (Lipinski definition) is 3. The fourth-order valence-electron chi connectivity index (χ4n) is 2.33. The summed E-state index contributed by atoms with van der Waals surface area (Å²) >= 11 is 0. The molecular weight excluding hydrogens is 226 g/mol. The molecule has 0 radical (unpaired) electrons. The molecule has 1 aromatic carbocycles. The molecule has 2 rings (SSSR count). The van der Waals surface area contributed by atoms with E-state index in [1.54, 1.807) is 0 Å². The first-order valence-electron chi connectivity index (χ1n) is 6.83. The zero-order chi connectivity index (χ0) is 13.0. The van der Waals surface area contributed by atoms with E-state index >= 15 is 0 Å². The van der Waals surface area contributed by atoms with Gasteiger partial charge in [-0.3, -0.25) is 0 Å². The van der Waals surface area contributed by atoms with Gasteiger partial charge in [0.2, 0.25) is 0 Å². The molecule has 0 fully saturated rings. The van der Waals surface area contributed by atoms with Gasteiger partial charge in [-0.25, -0.2) is 0 Å². The topological polar surface area (TPSA) is 30.5 Å². The maximum absolute atomic E-state index is 5.64. The van der Waals surface area contributed by atoms with Crippen molar-refractivity contribution < 1.29 is 9.47 Å². The summed E-state index contributed by atoms with van der Waals surface area (Å²) in [5, 5.41) is 3.54. The highest BCUT2D eigenvalue weighted by molar-refractivity contribution is 5.44. The maximum atomic E-state index is 5.64. The van der Waals surface area contributed by atoms with Crippen LogP contribution >= 0.6 is 0 Å². The predicted molar refractivity (Wildman–Crippen MR) is 73.3 cm³/mol. The second-order valence-electron chi connectivity index (χ2n) is 5.14. The second kappa shape index (κ2) is 6.10. The Bertz CT molecular complexity index is 390. The number of benzene rings is 1.